The number of fused-ring (bicyclic) bond motifs is 1. The van der Waals surface area contributed by atoms with Crippen molar-refractivity contribution in [1.82, 2.24) is 25.1 Å². The third-order valence-electron chi connectivity index (χ3n) is 5.39. The molecule has 1 saturated heterocycles. The summed E-state index contributed by atoms with van der Waals surface area (Å²) in [6.45, 7) is 1.59. The molecule has 0 unspecified atom stereocenters. The van der Waals surface area contributed by atoms with Gasteiger partial charge in [-0.3, -0.25) is 14.5 Å². The summed E-state index contributed by atoms with van der Waals surface area (Å²) in [5.74, 6) is -2.57. The molecule has 4 N–H and O–H groups in total. The quantitative estimate of drug-likeness (QED) is 0.366. The molecule has 35 heavy (non-hydrogen) atoms. The van der Waals surface area contributed by atoms with Crippen molar-refractivity contribution < 1.29 is 28.3 Å². The van der Waals surface area contributed by atoms with E-state index >= 15 is 0 Å². The summed E-state index contributed by atoms with van der Waals surface area (Å²) >= 11 is 0. The predicted molar refractivity (Wildman–Crippen MR) is 119 cm³/mol. The first kappa shape index (κ1) is 22.4. The van der Waals surface area contributed by atoms with Crippen LogP contribution in [-0.2, 0) is 14.3 Å². The minimum Gasteiger partial charge on any atom is -0.380 e. The van der Waals surface area contributed by atoms with Crippen LogP contribution in [-0.4, -0.2) is 66.9 Å². The summed E-state index contributed by atoms with van der Waals surface area (Å²) in [4.78, 5) is 26.9. The van der Waals surface area contributed by atoms with Crippen molar-refractivity contribution in [1.29, 1.82) is 0 Å². The highest BCUT2D eigenvalue weighted by molar-refractivity contribution is 6.04. The van der Waals surface area contributed by atoms with E-state index in [1.165, 1.54) is 29.2 Å². The van der Waals surface area contributed by atoms with Gasteiger partial charge in [-0.1, -0.05) is 5.16 Å². The van der Waals surface area contributed by atoms with E-state index in [1.54, 1.807) is 19.1 Å². The number of halogens is 1. The summed E-state index contributed by atoms with van der Waals surface area (Å²) in [6.07, 6.45) is -0.225. The first-order valence-corrected chi connectivity index (χ1v) is 10.4. The molecule has 2 amide bonds. The number of hydrogen-bond acceptors (Lipinski definition) is 10. The van der Waals surface area contributed by atoms with E-state index in [1.807, 2.05) is 0 Å². The second kappa shape index (κ2) is 8.73. The van der Waals surface area contributed by atoms with Crippen molar-refractivity contribution >= 4 is 40.1 Å². The summed E-state index contributed by atoms with van der Waals surface area (Å²) in [6, 6.07) is 6.16. The van der Waals surface area contributed by atoms with Crippen LogP contribution in [0.15, 0.2) is 47.4 Å². The van der Waals surface area contributed by atoms with Gasteiger partial charge in [0.2, 0.25) is 0 Å². The number of ether oxygens (including phenoxy) is 1. The van der Waals surface area contributed by atoms with Crippen molar-refractivity contribution in [3.8, 4) is 5.69 Å². The zero-order chi connectivity index (χ0) is 24.7. The molecule has 4 heterocycles. The fourth-order valence-electron chi connectivity index (χ4n) is 3.72. The van der Waals surface area contributed by atoms with E-state index in [9.17, 15) is 19.1 Å². The van der Waals surface area contributed by atoms with Crippen LogP contribution < -0.4 is 16.0 Å². The number of nitrogens with zero attached hydrogens (tertiary/aromatic N) is 6. The van der Waals surface area contributed by atoms with Crippen molar-refractivity contribution in [2.45, 2.75) is 25.2 Å². The highest BCUT2D eigenvalue weighted by Gasteiger charge is 2.43. The Morgan fingerprint density at radius 3 is 2.94 bits per heavy atom. The van der Waals surface area contributed by atoms with Crippen LogP contribution in [0.3, 0.4) is 0 Å². The molecule has 0 aliphatic carbocycles. The highest BCUT2D eigenvalue weighted by Crippen LogP contribution is 2.27. The smallest absolute Gasteiger partial charge is 0.260 e. The van der Waals surface area contributed by atoms with Crippen LogP contribution in [0.1, 0.15) is 6.92 Å². The molecule has 0 bridgehead atoms. The number of rotatable bonds is 5. The Morgan fingerprint density at radius 2 is 2.17 bits per heavy atom. The lowest BCUT2D eigenvalue weighted by molar-refractivity contribution is -0.156. The normalized spacial score (nSPS) is 19.2. The van der Waals surface area contributed by atoms with Gasteiger partial charge < -0.3 is 25.4 Å². The van der Waals surface area contributed by atoms with Crippen molar-refractivity contribution in [3.05, 3.63) is 48.7 Å². The van der Waals surface area contributed by atoms with Gasteiger partial charge in [0, 0.05) is 11.8 Å². The molecule has 5 rings (SSSR count). The standard InChI is InChI=1S/C21H19FN8O5/c1-10-8-29(19-14(22)9-30(27-19)12-4-5-24-25-7-12)21(33)17(34-10)16(31)20(32)26-11-2-3-13-15(6-11)35-28-18(13)23/h2-7,9-10,16-17,31H,8H2,1H3,(H2,23,28)(H,26,32)/t10-,16+,17+/m0/s1. The second-order valence-electron chi connectivity index (χ2n) is 7.87. The number of nitrogens with one attached hydrogen (secondary N) is 1. The van der Waals surface area contributed by atoms with E-state index in [2.05, 4.69) is 25.8 Å². The molecule has 1 aliphatic heterocycles. The van der Waals surface area contributed by atoms with Gasteiger partial charge in [-0.2, -0.15) is 10.2 Å². The zero-order valence-corrected chi connectivity index (χ0v) is 18.2. The number of morpholine rings is 1. The number of amides is 2. The van der Waals surface area contributed by atoms with Crippen molar-refractivity contribution in [2.24, 2.45) is 0 Å². The summed E-state index contributed by atoms with van der Waals surface area (Å²) in [7, 11) is 0. The first-order chi connectivity index (χ1) is 16.8. The minimum atomic E-state index is -1.89. The maximum Gasteiger partial charge on any atom is 0.260 e. The number of anilines is 3. The Balaban J connectivity index is 1.35. The van der Waals surface area contributed by atoms with Gasteiger partial charge in [0.25, 0.3) is 11.8 Å². The number of benzene rings is 1. The maximum atomic E-state index is 14.8. The Hall–Kier alpha value is -4.43. The largest absolute Gasteiger partial charge is 0.380 e. The molecule has 13 nitrogen and oxygen atoms in total. The molecule has 0 spiro atoms. The second-order valence-corrected chi connectivity index (χ2v) is 7.87. The molecule has 3 atom stereocenters. The van der Waals surface area contributed by atoms with E-state index in [-0.39, 0.29) is 23.9 Å². The number of nitrogen functional groups attached to an aromatic ring is 1. The number of nitrogens with two attached hydrogens (primary N) is 1. The van der Waals surface area contributed by atoms with Crippen molar-refractivity contribution in [2.75, 3.05) is 22.5 Å². The monoisotopic (exact) mass is 482 g/mol. The Kier molecular flexibility index (Phi) is 5.58. The average Bonchev–Trinajstić information content (AvgIpc) is 3.42. The molecule has 1 fully saturated rings. The van der Waals surface area contributed by atoms with Gasteiger partial charge in [0.05, 0.1) is 42.3 Å². The number of aromatic nitrogens is 5. The van der Waals surface area contributed by atoms with Gasteiger partial charge in [0.15, 0.2) is 35.2 Å². The molecule has 0 radical (unpaired) electrons. The Morgan fingerprint density at radius 1 is 1.34 bits per heavy atom. The predicted octanol–water partition coefficient (Wildman–Crippen LogP) is 0.645. The fourth-order valence-corrected chi connectivity index (χ4v) is 3.72. The average molecular weight is 482 g/mol. The third kappa shape index (κ3) is 4.15. The summed E-state index contributed by atoms with van der Waals surface area (Å²) in [5, 5.41) is 28.9. The third-order valence-corrected chi connectivity index (χ3v) is 5.39. The maximum absolute atomic E-state index is 14.8. The molecular weight excluding hydrogens is 463 g/mol. The van der Waals surface area contributed by atoms with Crippen LogP contribution in [0, 0.1) is 5.82 Å². The van der Waals surface area contributed by atoms with Gasteiger partial charge in [-0.15, -0.1) is 5.10 Å². The summed E-state index contributed by atoms with van der Waals surface area (Å²) in [5.41, 5.74) is 6.72. The van der Waals surface area contributed by atoms with Gasteiger partial charge in [-0.05, 0) is 25.1 Å². The topological polar surface area (TPSA) is 175 Å². The number of carbonyl (C=O) groups excluding carboxylic acids is 2. The Labute approximate surface area is 196 Å². The molecule has 180 valence electrons. The minimum absolute atomic E-state index is 0.0320. The van der Waals surface area contributed by atoms with Crippen LogP contribution >= 0.6 is 0 Å². The van der Waals surface area contributed by atoms with Crippen LogP contribution in [0.5, 0.6) is 0 Å². The van der Waals surface area contributed by atoms with Gasteiger partial charge in [0.1, 0.15) is 0 Å². The lowest BCUT2D eigenvalue weighted by Crippen LogP contribution is -2.58. The molecule has 1 aliphatic rings. The number of carbonyl (C=O) groups is 2. The molecule has 0 saturated carbocycles. The van der Waals surface area contributed by atoms with Crippen LogP contribution in [0.2, 0.25) is 0 Å². The lowest BCUT2D eigenvalue weighted by Gasteiger charge is -2.36. The molecule has 3 aromatic heterocycles. The Bertz CT molecular complexity index is 1410. The van der Waals surface area contributed by atoms with E-state index in [4.69, 9.17) is 15.0 Å². The fraction of sp³-hybridized carbons (Fsp3) is 0.238. The van der Waals surface area contributed by atoms with E-state index in [0.29, 0.717) is 16.7 Å². The van der Waals surface area contributed by atoms with Gasteiger partial charge in [-0.25, -0.2) is 9.07 Å². The number of aliphatic hydroxyl groups excluding tert-OH is 1. The molecule has 14 heteroatoms. The number of hydrogen-bond donors (Lipinski definition) is 3. The van der Waals surface area contributed by atoms with E-state index < -0.39 is 35.9 Å². The number of aliphatic hydroxyl groups is 1. The van der Waals surface area contributed by atoms with Crippen LogP contribution in [0.4, 0.5) is 21.7 Å². The highest BCUT2D eigenvalue weighted by atomic mass is 19.1. The molecule has 4 aromatic rings. The lowest BCUT2D eigenvalue weighted by atomic mass is 10.1. The molecular formula is C21H19FN8O5. The van der Waals surface area contributed by atoms with Crippen molar-refractivity contribution in [3.63, 3.8) is 0 Å². The molecule has 1 aromatic carbocycles. The van der Waals surface area contributed by atoms with Gasteiger partial charge >= 0.3 is 0 Å². The zero-order valence-electron chi connectivity index (χ0n) is 18.2. The SMILES string of the molecule is C[C@H]1CN(c2nn(-c3ccnnc3)cc2F)C(=O)[C@@H]([C@@H](O)C(=O)Nc2ccc3c(N)noc3c2)O1. The van der Waals surface area contributed by atoms with Crippen LogP contribution in [0.25, 0.3) is 16.7 Å². The summed E-state index contributed by atoms with van der Waals surface area (Å²) < 4.78 is 26.6. The first-order valence-electron chi connectivity index (χ1n) is 10.4. The van der Waals surface area contributed by atoms with E-state index in [0.717, 1.165) is 11.1 Å².